The van der Waals surface area contributed by atoms with Gasteiger partial charge in [-0.1, -0.05) is 0 Å². The molecule has 7 heteroatoms. The molecule has 0 saturated heterocycles. The maximum absolute atomic E-state index is 10.9. The van der Waals surface area contributed by atoms with Gasteiger partial charge in [-0.05, 0) is 31.0 Å². The van der Waals surface area contributed by atoms with Crippen molar-refractivity contribution in [2.75, 3.05) is 0 Å². The van der Waals surface area contributed by atoms with Crippen LogP contribution in [-0.4, -0.2) is 31.2 Å². The molecule has 0 radical (unpaired) electrons. The van der Waals surface area contributed by atoms with E-state index in [1.807, 2.05) is 6.92 Å². The average molecular weight is 250 g/mol. The third kappa shape index (κ3) is 2.18. The Kier molecular flexibility index (Phi) is 3.17. The Labute approximate surface area is 102 Å². The van der Waals surface area contributed by atoms with Gasteiger partial charge in [-0.2, -0.15) is 10.4 Å². The maximum atomic E-state index is 10.9. The summed E-state index contributed by atoms with van der Waals surface area (Å²) in [7, 11) is 0. The number of carboxylic acid groups (broad SMARTS) is 1. The molecule has 2 heterocycles. The van der Waals surface area contributed by atoms with Crippen molar-refractivity contribution in [2.45, 2.75) is 19.1 Å². The highest BCUT2D eigenvalue weighted by Crippen LogP contribution is 2.37. The number of hydrogen-bond donors (Lipinski definition) is 1. The minimum absolute atomic E-state index is 0.125. The lowest BCUT2D eigenvalue weighted by atomic mass is 10.3. The molecule has 1 aliphatic heterocycles. The van der Waals surface area contributed by atoms with E-state index in [1.54, 1.807) is 28.8 Å². The van der Waals surface area contributed by atoms with Gasteiger partial charge >= 0.3 is 5.97 Å². The van der Waals surface area contributed by atoms with E-state index < -0.39 is 12.1 Å². The third-order valence-electron chi connectivity index (χ3n) is 2.34. The second-order valence-electron chi connectivity index (χ2n) is 3.52. The van der Waals surface area contributed by atoms with Crippen molar-refractivity contribution < 1.29 is 9.90 Å². The fraction of sp³-hybridized carbons (Fsp3) is 0.300. The molecule has 1 aromatic rings. The predicted octanol–water partition coefficient (Wildman–Crippen LogP) is 1.23. The van der Waals surface area contributed by atoms with Crippen LogP contribution in [0.5, 0.6) is 0 Å². The van der Waals surface area contributed by atoms with Crippen LogP contribution in [0.1, 0.15) is 13.1 Å². The molecule has 0 amide bonds. The Hall–Kier alpha value is -1.78. The van der Waals surface area contributed by atoms with E-state index in [9.17, 15) is 4.79 Å². The number of nitrogens with zero attached hydrogens (tertiary/aromatic N) is 4. The molecule has 2 rings (SSSR count). The van der Waals surface area contributed by atoms with Gasteiger partial charge in [-0.3, -0.25) is 0 Å². The van der Waals surface area contributed by atoms with Gasteiger partial charge in [0.15, 0.2) is 0 Å². The topological polar surface area (TPSA) is 82.1 Å². The van der Waals surface area contributed by atoms with E-state index in [-0.39, 0.29) is 10.9 Å². The van der Waals surface area contributed by atoms with E-state index in [4.69, 9.17) is 10.4 Å². The standard InChI is InChI=1S/C10H10N4O2S/c1-7-5-8(10(15)16)17-14(7)9(6-11)13-4-2-3-12-13/h2-5,7,9H,1H3,(H,15,16). The highest BCUT2D eigenvalue weighted by atomic mass is 32.2. The van der Waals surface area contributed by atoms with Crippen molar-refractivity contribution in [1.82, 2.24) is 14.1 Å². The molecule has 0 fully saturated rings. The zero-order valence-electron chi connectivity index (χ0n) is 9.02. The van der Waals surface area contributed by atoms with Gasteiger partial charge in [0, 0.05) is 18.4 Å². The molecule has 1 aromatic heterocycles. The summed E-state index contributed by atoms with van der Waals surface area (Å²) in [5.74, 6) is -0.971. The number of aliphatic carboxylic acids is 1. The SMILES string of the molecule is CC1C=C(C(=O)O)SN1C(C#N)n1cccn1. The number of carboxylic acids is 1. The lowest BCUT2D eigenvalue weighted by molar-refractivity contribution is -0.131. The van der Waals surface area contributed by atoms with Crippen LogP contribution in [0, 0.1) is 11.3 Å². The first kappa shape index (κ1) is 11.7. The monoisotopic (exact) mass is 250 g/mol. The van der Waals surface area contributed by atoms with Crippen LogP contribution in [0.25, 0.3) is 0 Å². The Morgan fingerprint density at radius 3 is 3.00 bits per heavy atom. The minimum Gasteiger partial charge on any atom is -0.477 e. The lowest BCUT2D eigenvalue weighted by Gasteiger charge is -2.24. The smallest absolute Gasteiger partial charge is 0.343 e. The van der Waals surface area contributed by atoms with Crippen LogP contribution in [0.3, 0.4) is 0 Å². The molecule has 88 valence electrons. The van der Waals surface area contributed by atoms with Crippen LogP contribution in [0.4, 0.5) is 0 Å². The van der Waals surface area contributed by atoms with Crippen molar-refractivity contribution in [2.24, 2.45) is 0 Å². The molecule has 2 atom stereocenters. The van der Waals surface area contributed by atoms with Crippen LogP contribution in [-0.2, 0) is 4.79 Å². The first-order valence-corrected chi connectivity index (χ1v) is 5.71. The molecular weight excluding hydrogens is 240 g/mol. The summed E-state index contributed by atoms with van der Waals surface area (Å²) >= 11 is 1.07. The summed E-state index contributed by atoms with van der Waals surface area (Å²) in [5, 5.41) is 22.1. The first-order chi connectivity index (χ1) is 8.13. The van der Waals surface area contributed by atoms with E-state index in [0.29, 0.717) is 0 Å². The number of aromatic nitrogens is 2. The van der Waals surface area contributed by atoms with E-state index in [2.05, 4.69) is 11.2 Å². The van der Waals surface area contributed by atoms with Crippen LogP contribution < -0.4 is 0 Å². The average Bonchev–Trinajstić information content (AvgIpc) is 2.90. The first-order valence-electron chi connectivity index (χ1n) is 4.93. The van der Waals surface area contributed by atoms with Gasteiger partial charge in [-0.15, -0.1) is 0 Å². The summed E-state index contributed by atoms with van der Waals surface area (Å²) in [6.07, 6.45) is 4.28. The van der Waals surface area contributed by atoms with Crippen molar-refractivity contribution in [3.05, 3.63) is 29.4 Å². The summed E-state index contributed by atoms with van der Waals surface area (Å²) < 4.78 is 3.21. The molecule has 17 heavy (non-hydrogen) atoms. The fourth-order valence-corrected chi connectivity index (χ4v) is 2.59. The van der Waals surface area contributed by atoms with Crippen LogP contribution in [0.15, 0.2) is 29.4 Å². The number of hydrogen-bond acceptors (Lipinski definition) is 5. The van der Waals surface area contributed by atoms with E-state index >= 15 is 0 Å². The van der Waals surface area contributed by atoms with Gasteiger partial charge in [0.05, 0.1) is 0 Å². The van der Waals surface area contributed by atoms with Crippen molar-refractivity contribution in [3.8, 4) is 6.07 Å². The Bertz CT molecular complexity index is 491. The Morgan fingerprint density at radius 1 is 1.76 bits per heavy atom. The Morgan fingerprint density at radius 2 is 2.53 bits per heavy atom. The van der Waals surface area contributed by atoms with Crippen molar-refractivity contribution in [3.63, 3.8) is 0 Å². The summed E-state index contributed by atoms with van der Waals surface area (Å²) in [4.78, 5) is 11.1. The normalized spacial score (nSPS) is 21.9. The third-order valence-corrected chi connectivity index (χ3v) is 3.59. The number of nitriles is 1. The van der Waals surface area contributed by atoms with Gasteiger partial charge in [-0.25, -0.2) is 13.8 Å². The lowest BCUT2D eigenvalue weighted by Crippen LogP contribution is -2.30. The molecular formula is C10H10N4O2S. The molecule has 0 aromatic carbocycles. The second kappa shape index (κ2) is 4.61. The van der Waals surface area contributed by atoms with Crippen molar-refractivity contribution in [1.29, 1.82) is 5.26 Å². The molecule has 6 nitrogen and oxygen atoms in total. The fourth-order valence-electron chi connectivity index (χ4n) is 1.56. The summed E-state index contributed by atoms with van der Waals surface area (Å²) in [5.41, 5.74) is 0. The number of carbonyl (C=O) groups is 1. The summed E-state index contributed by atoms with van der Waals surface area (Å²) in [6.45, 7) is 1.84. The molecule has 0 aliphatic carbocycles. The molecule has 2 unspecified atom stereocenters. The van der Waals surface area contributed by atoms with E-state index in [0.717, 1.165) is 11.9 Å². The summed E-state index contributed by atoms with van der Waals surface area (Å²) in [6, 6.07) is 3.71. The largest absolute Gasteiger partial charge is 0.477 e. The van der Waals surface area contributed by atoms with Gasteiger partial charge in [0.25, 0.3) is 0 Å². The number of rotatable bonds is 3. The van der Waals surface area contributed by atoms with E-state index in [1.165, 1.54) is 4.68 Å². The molecule has 1 aliphatic rings. The van der Waals surface area contributed by atoms with Crippen LogP contribution >= 0.6 is 11.9 Å². The van der Waals surface area contributed by atoms with Gasteiger partial charge in [0.1, 0.15) is 11.0 Å². The molecule has 1 N–H and O–H groups in total. The van der Waals surface area contributed by atoms with Gasteiger partial charge < -0.3 is 5.11 Å². The highest BCUT2D eigenvalue weighted by Gasteiger charge is 2.33. The quantitative estimate of drug-likeness (QED) is 0.812. The molecule has 0 spiro atoms. The minimum atomic E-state index is -0.971. The van der Waals surface area contributed by atoms with Crippen LogP contribution in [0.2, 0.25) is 0 Å². The maximum Gasteiger partial charge on any atom is 0.343 e. The Balaban J connectivity index is 2.20. The zero-order chi connectivity index (χ0) is 12.4. The molecule has 0 saturated carbocycles. The van der Waals surface area contributed by atoms with Gasteiger partial charge in [0.2, 0.25) is 6.17 Å². The second-order valence-corrected chi connectivity index (χ2v) is 4.56. The highest BCUT2D eigenvalue weighted by molar-refractivity contribution is 8.02. The zero-order valence-corrected chi connectivity index (χ0v) is 9.83. The predicted molar refractivity (Wildman–Crippen MR) is 61.5 cm³/mol. The molecule has 0 bridgehead atoms. The van der Waals surface area contributed by atoms with Crippen molar-refractivity contribution >= 4 is 17.9 Å².